The first-order valence-electron chi connectivity index (χ1n) is 9.54. The molecule has 1 heterocycles. The van der Waals surface area contributed by atoms with Crippen LogP contribution in [0, 0.1) is 17.0 Å². The second-order valence-electron chi connectivity index (χ2n) is 6.83. The summed E-state index contributed by atoms with van der Waals surface area (Å²) in [7, 11) is 1.44. The zero-order valence-electron chi connectivity index (χ0n) is 16.9. The minimum Gasteiger partial charge on any atom is -0.493 e. The first-order valence-corrected chi connectivity index (χ1v) is 9.54. The van der Waals surface area contributed by atoms with Crippen LogP contribution in [0.4, 0.5) is 11.4 Å². The van der Waals surface area contributed by atoms with Crippen molar-refractivity contribution in [1.29, 1.82) is 0 Å². The van der Waals surface area contributed by atoms with E-state index in [1.165, 1.54) is 24.8 Å². The molecule has 0 N–H and O–H groups in total. The molecule has 8 nitrogen and oxygen atoms in total. The summed E-state index contributed by atoms with van der Waals surface area (Å²) in [6.07, 6.45) is 0. The van der Waals surface area contributed by atoms with Crippen molar-refractivity contribution in [2.45, 2.75) is 13.8 Å². The van der Waals surface area contributed by atoms with Crippen molar-refractivity contribution in [3.8, 4) is 11.5 Å². The van der Waals surface area contributed by atoms with Crippen LogP contribution in [-0.2, 0) is 0 Å². The van der Waals surface area contributed by atoms with Crippen LogP contribution in [-0.4, -0.2) is 55.6 Å². The van der Waals surface area contributed by atoms with Crippen molar-refractivity contribution < 1.29 is 19.2 Å². The van der Waals surface area contributed by atoms with Gasteiger partial charge in [-0.3, -0.25) is 14.9 Å². The number of carbonyl (C=O) groups excluding carboxylic acids is 1. The number of ether oxygens (including phenoxy) is 2. The maximum Gasteiger partial charge on any atom is 0.286 e. The Bertz CT molecular complexity index is 907. The standard InChI is InChI=1S/C21H25N3O5/c1-4-29-20-14-18(24(26)27)17(13-19(20)28-3)21(25)23-10-8-22(9-11-23)16-7-5-6-15(2)12-16/h5-7,12-14H,4,8-11H2,1-3H3. The number of aryl methyl sites for hydroxylation is 1. The van der Waals surface area contributed by atoms with Crippen LogP contribution < -0.4 is 14.4 Å². The maximum atomic E-state index is 13.1. The molecule has 1 saturated heterocycles. The van der Waals surface area contributed by atoms with Gasteiger partial charge in [0.1, 0.15) is 5.56 Å². The average Bonchev–Trinajstić information content (AvgIpc) is 2.73. The van der Waals surface area contributed by atoms with E-state index in [1.807, 2.05) is 25.1 Å². The molecule has 0 unspecified atom stereocenters. The molecular formula is C21H25N3O5. The van der Waals surface area contributed by atoms with Crippen LogP contribution in [0.25, 0.3) is 0 Å². The van der Waals surface area contributed by atoms with Crippen molar-refractivity contribution in [1.82, 2.24) is 4.90 Å². The first kappa shape index (κ1) is 20.4. The number of rotatable bonds is 6. The van der Waals surface area contributed by atoms with Crippen LogP contribution in [0.3, 0.4) is 0 Å². The van der Waals surface area contributed by atoms with E-state index in [9.17, 15) is 14.9 Å². The number of nitro groups is 1. The lowest BCUT2D eigenvalue weighted by Crippen LogP contribution is -2.48. The number of nitrogens with zero attached hydrogens (tertiary/aromatic N) is 3. The summed E-state index contributed by atoms with van der Waals surface area (Å²) in [5.74, 6) is 0.184. The van der Waals surface area contributed by atoms with Gasteiger partial charge in [-0.1, -0.05) is 12.1 Å². The molecule has 2 aromatic carbocycles. The van der Waals surface area contributed by atoms with Crippen LogP contribution in [0.2, 0.25) is 0 Å². The predicted octanol–water partition coefficient (Wildman–Crippen LogP) is 3.27. The van der Waals surface area contributed by atoms with Gasteiger partial charge in [-0.15, -0.1) is 0 Å². The van der Waals surface area contributed by atoms with E-state index in [1.54, 1.807) is 11.8 Å². The molecular weight excluding hydrogens is 374 g/mol. The van der Waals surface area contributed by atoms with E-state index in [0.717, 1.165) is 5.69 Å². The van der Waals surface area contributed by atoms with Gasteiger partial charge in [0.05, 0.1) is 24.7 Å². The Balaban J connectivity index is 1.81. The number of piperazine rings is 1. The second kappa shape index (κ2) is 8.81. The molecule has 8 heteroatoms. The fraction of sp³-hybridized carbons (Fsp3) is 0.381. The number of nitro benzene ring substituents is 1. The Labute approximate surface area is 169 Å². The first-order chi connectivity index (χ1) is 13.9. The van der Waals surface area contributed by atoms with Gasteiger partial charge in [-0.25, -0.2) is 0 Å². The zero-order chi connectivity index (χ0) is 21.0. The number of hydrogen-bond acceptors (Lipinski definition) is 6. The molecule has 2 aromatic rings. The summed E-state index contributed by atoms with van der Waals surface area (Å²) in [4.78, 5) is 27.9. The predicted molar refractivity (Wildman–Crippen MR) is 110 cm³/mol. The zero-order valence-corrected chi connectivity index (χ0v) is 16.9. The Morgan fingerprint density at radius 3 is 2.45 bits per heavy atom. The number of carbonyl (C=O) groups is 1. The van der Waals surface area contributed by atoms with Gasteiger partial charge in [0.25, 0.3) is 11.6 Å². The molecule has 0 spiro atoms. The van der Waals surface area contributed by atoms with Gasteiger partial charge < -0.3 is 19.3 Å². The highest BCUT2D eigenvalue weighted by atomic mass is 16.6. The Hall–Kier alpha value is -3.29. The molecule has 29 heavy (non-hydrogen) atoms. The van der Waals surface area contributed by atoms with Gasteiger partial charge in [0, 0.05) is 37.9 Å². The molecule has 3 rings (SSSR count). The average molecular weight is 399 g/mol. The van der Waals surface area contributed by atoms with Crippen LogP contribution in [0.5, 0.6) is 11.5 Å². The van der Waals surface area contributed by atoms with Crippen molar-refractivity contribution >= 4 is 17.3 Å². The molecule has 0 bridgehead atoms. The molecule has 0 atom stereocenters. The Kier molecular flexibility index (Phi) is 6.21. The van der Waals surface area contributed by atoms with Gasteiger partial charge in [-0.2, -0.15) is 0 Å². The largest absolute Gasteiger partial charge is 0.493 e. The molecule has 0 saturated carbocycles. The summed E-state index contributed by atoms with van der Waals surface area (Å²) < 4.78 is 10.7. The lowest BCUT2D eigenvalue weighted by molar-refractivity contribution is -0.385. The van der Waals surface area contributed by atoms with Gasteiger partial charge in [0.2, 0.25) is 0 Å². The van der Waals surface area contributed by atoms with E-state index >= 15 is 0 Å². The fourth-order valence-corrected chi connectivity index (χ4v) is 3.46. The SMILES string of the molecule is CCOc1cc([N+](=O)[O-])c(C(=O)N2CCN(c3cccc(C)c3)CC2)cc1OC. The highest BCUT2D eigenvalue weighted by Crippen LogP contribution is 2.35. The van der Waals surface area contributed by atoms with Gasteiger partial charge >= 0.3 is 0 Å². The summed E-state index contributed by atoms with van der Waals surface area (Å²) in [6, 6.07) is 10.9. The topological polar surface area (TPSA) is 85.1 Å². The lowest BCUT2D eigenvalue weighted by atomic mass is 10.1. The normalized spacial score (nSPS) is 13.9. The molecule has 1 aliphatic heterocycles. The second-order valence-corrected chi connectivity index (χ2v) is 6.83. The quantitative estimate of drug-likeness (QED) is 0.547. The van der Waals surface area contributed by atoms with Crippen LogP contribution in [0.1, 0.15) is 22.8 Å². The summed E-state index contributed by atoms with van der Waals surface area (Å²) >= 11 is 0. The van der Waals surface area contributed by atoms with Crippen molar-refractivity contribution in [3.63, 3.8) is 0 Å². The smallest absolute Gasteiger partial charge is 0.286 e. The van der Waals surface area contributed by atoms with Crippen molar-refractivity contribution in [3.05, 3.63) is 57.6 Å². The van der Waals surface area contributed by atoms with Gasteiger partial charge in [-0.05, 0) is 31.5 Å². The van der Waals surface area contributed by atoms with Crippen molar-refractivity contribution in [2.75, 3.05) is 44.8 Å². The van der Waals surface area contributed by atoms with E-state index in [4.69, 9.17) is 9.47 Å². The van der Waals surface area contributed by atoms with Gasteiger partial charge in [0.15, 0.2) is 11.5 Å². The van der Waals surface area contributed by atoms with Crippen LogP contribution in [0.15, 0.2) is 36.4 Å². The van der Waals surface area contributed by atoms with E-state index in [0.29, 0.717) is 38.5 Å². The molecule has 1 aliphatic rings. The number of anilines is 1. The molecule has 0 radical (unpaired) electrons. The highest BCUT2D eigenvalue weighted by Gasteiger charge is 2.30. The Morgan fingerprint density at radius 2 is 1.86 bits per heavy atom. The summed E-state index contributed by atoms with van der Waals surface area (Å²) in [6.45, 7) is 6.45. The highest BCUT2D eigenvalue weighted by molar-refractivity contribution is 5.99. The number of benzene rings is 2. The third kappa shape index (κ3) is 4.42. The van der Waals surface area contributed by atoms with Crippen LogP contribution >= 0.6 is 0 Å². The maximum absolute atomic E-state index is 13.1. The number of methoxy groups -OCH3 is 1. The summed E-state index contributed by atoms with van der Waals surface area (Å²) in [5, 5.41) is 11.6. The molecule has 1 fully saturated rings. The monoisotopic (exact) mass is 399 g/mol. The van der Waals surface area contributed by atoms with Crippen molar-refractivity contribution in [2.24, 2.45) is 0 Å². The molecule has 0 aromatic heterocycles. The molecule has 154 valence electrons. The lowest BCUT2D eigenvalue weighted by Gasteiger charge is -2.36. The molecule has 0 aliphatic carbocycles. The summed E-state index contributed by atoms with van der Waals surface area (Å²) in [5.41, 5.74) is 2.03. The third-order valence-corrected chi connectivity index (χ3v) is 4.94. The fourth-order valence-electron chi connectivity index (χ4n) is 3.46. The third-order valence-electron chi connectivity index (χ3n) is 4.94. The Morgan fingerprint density at radius 1 is 1.14 bits per heavy atom. The number of amides is 1. The molecule has 1 amide bonds. The number of hydrogen-bond donors (Lipinski definition) is 0. The minimum atomic E-state index is -0.557. The minimum absolute atomic E-state index is 0.0132. The van der Waals surface area contributed by atoms with E-state index in [-0.39, 0.29) is 22.9 Å². The van der Waals surface area contributed by atoms with E-state index in [2.05, 4.69) is 11.0 Å². The van der Waals surface area contributed by atoms with E-state index < -0.39 is 4.92 Å².